The first-order chi connectivity index (χ1) is 13.4. The topological polar surface area (TPSA) is 134 Å². The second-order valence-corrected chi connectivity index (χ2v) is 7.50. The summed E-state index contributed by atoms with van der Waals surface area (Å²) in [5.74, 6) is -2.03. The van der Waals surface area contributed by atoms with Gasteiger partial charge in [-0.2, -0.15) is 0 Å². The van der Waals surface area contributed by atoms with Crippen LogP contribution >= 0.6 is 11.3 Å². The molecule has 144 valence electrons. The third-order valence-corrected chi connectivity index (χ3v) is 5.43. The van der Waals surface area contributed by atoms with Gasteiger partial charge in [-0.1, -0.05) is 6.07 Å². The van der Waals surface area contributed by atoms with Gasteiger partial charge in [0.1, 0.15) is 6.04 Å². The lowest BCUT2D eigenvalue weighted by atomic mass is 10.0. The highest BCUT2D eigenvalue weighted by Gasteiger charge is 2.44. The van der Waals surface area contributed by atoms with Gasteiger partial charge in [0, 0.05) is 24.9 Å². The lowest BCUT2D eigenvalue weighted by Gasteiger charge is -2.27. The number of thiazole rings is 1. The van der Waals surface area contributed by atoms with Crippen molar-refractivity contribution < 1.29 is 19.2 Å². The maximum atomic E-state index is 12.8. The molecule has 0 aliphatic carbocycles. The Balaban J connectivity index is 1.47. The Morgan fingerprint density at radius 2 is 1.96 bits per heavy atom. The molecule has 10 heteroatoms. The zero-order valence-electron chi connectivity index (χ0n) is 14.7. The van der Waals surface area contributed by atoms with Crippen LogP contribution in [0.4, 0.5) is 5.13 Å². The van der Waals surface area contributed by atoms with Crippen LogP contribution in [0.25, 0.3) is 0 Å². The molecule has 1 unspecified atom stereocenters. The molecule has 1 atom stereocenters. The molecule has 0 bridgehead atoms. The molecular formula is C18H17N5O4S. The number of hydrogen-bond acceptors (Lipinski definition) is 8. The van der Waals surface area contributed by atoms with E-state index in [1.807, 2.05) is 5.38 Å². The predicted molar refractivity (Wildman–Crippen MR) is 100 cm³/mol. The Morgan fingerprint density at radius 1 is 1.18 bits per heavy atom. The second-order valence-electron chi connectivity index (χ2n) is 6.61. The summed E-state index contributed by atoms with van der Waals surface area (Å²) in [4.78, 5) is 54.0. The van der Waals surface area contributed by atoms with Crippen LogP contribution in [0.2, 0.25) is 0 Å². The third kappa shape index (κ3) is 3.27. The fraction of sp³-hybridized carbons (Fsp3) is 0.278. The number of piperidine rings is 1. The normalized spacial score (nSPS) is 19.1. The van der Waals surface area contributed by atoms with E-state index in [2.05, 4.69) is 15.6 Å². The molecule has 1 saturated heterocycles. The van der Waals surface area contributed by atoms with Gasteiger partial charge in [-0.15, -0.1) is 11.3 Å². The van der Waals surface area contributed by atoms with Gasteiger partial charge in [0.25, 0.3) is 11.8 Å². The standard InChI is InChI=1S/C18H17N5O4S/c19-18-21-10(8-28-18)7-20-6-9-1-2-11-12(5-9)17(27)23(16(11)26)13-3-4-14(24)22-15(13)25/h1-2,5,8,13,20H,3-4,6-7H2,(H2,19,21)(H,22,24,25). The number of hydrogen-bond donors (Lipinski definition) is 3. The highest BCUT2D eigenvalue weighted by molar-refractivity contribution is 7.13. The number of fused-ring (bicyclic) bond motifs is 1. The number of carbonyl (C=O) groups is 4. The van der Waals surface area contributed by atoms with Gasteiger partial charge in [0.2, 0.25) is 11.8 Å². The van der Waals surface area contributed by atoms with E-state index >= 15 is 0 Å². The van der Waals surface area contributed by atoms with Gasteiger partial charge in [-0.05, 0) is 24.1 Å². The molecule has 4 amide bonds. The maximum absolute atomic E-state index is 12.8. The van der Waals surface area contributed by atoms with Gasteiger partial charge in [-0.3, -0.25) is 29.4 Å². The number of nitrogens with two attached hydrogens (primary N) is 1. The first-order valence-corrected chi connectivity index (χ1v) is 9.57. The van der Waals surface area contributed by atoms with Crippen molar-refractivity contribution in [1.29, 1.82) is 0 Å². The summed E-state index contributed by atoms with van der Waals surface area (Å²) in [5.41, 5.74) is 7.80. The number of amides is 4. The average molecular weight is 399 g/mol. The van der Waals surface area contributed by atoms with Crippen molar-refractivity contribution in [3.8, 4) is 0 Å². The van der Waals surface area contributed by atoms with E-state index in [1.54, 1.807) is 18.2 Å². The Hall–Kier alpha value is -3.11. The molecule has 4 N–H and O–H groups in total. The van der Waals surface area contributed by atoms with Crippen molar-refractivity contribution in [1.82, 2.24) is 20.5 Å². The Labute approximate surface area is 163 Å². The fourth-order valence-corrected chi connectivity index (χ4v) is 3.93. The molecule has 2 aliphatic heterocycles. The summed E-state index contributed by atoms with van der Waals surface area (Å²) >= 11 is 1.37. The molecule has 0 spiro atoms. The van der Waals surface area contributed by atoms with Crippen LogP contribution in [-0.4, -0.2) is 39.6 Å². The second kappa shape index (κ2) is 7.13. The minimum absolute atomic E-state index is 0.0973. The first-order valence-electron chi connectivity index (χ1n) is 8.69. The number of nitrogen functional groups attached to an aromatic ring is 1. The number of nitrogens with one attached hydrogen (secondary N) is 2. The molecule has 0 saturated carbocycles. The Morgan fingerprint density at radius 3 is 2.68 bits per heavy atom. The van der Waals surface area contributed by atoms with Crippen LogP contribution in [0.1, 0.15) is 44.8 Å². The molecule has 2 aliphatic rings. The van der Waals surface area contributed by atoms with Crippen LogP contribution in [-0.2, 0) is 22.7 Å². The smallest absolute Gasteiger partial charge is 0.262 e. The van der Waals surface area contributed by atoms with Crippen LogP contribution in [0.3, 0.4) is 0 Å². The van der Waals surface area contributed by atoms with E-state index in [-0.39, 0.29) is 24.0 Å². The largest absolute Gasteiger partial charge is 0.375 e. The van der Waals surface area contributed by atoms with Gasteiger partial charge in [0.15, 0.2) is 5.13 Å². The molecule has 28 heavy (non-hydrogen) atoms. The Bertz CT molecular complexity index is 1000. The van der Waals surface area contributed by atoms with E-state index in [0.29, 0.717) is 18.2 Å². The SMILES string of the molecule is Nc1nc(CNCc2ccc3c(c2)C(=O)N(C2CCC(=O)NC2=O)C3=O)cs1. The highest BCUT2D eigenvalue weighted by atomic mass is 32.1. The number of rotatable bonds is 5. The van der Waals surface area contributed by atoms with E-state index in [9.17, 15) is 19.2 Å². The zero-order chi connectivity index (χ0) is 19.8. The molecule has 9 nitrogen and oxygen atoms in total. The minimum Gasteiger partial charge on any atom is -0.375 e. The highest BCUT2D eigenvalue weighted by Crippen LogP contribution is 2.28. The van der Waals surface area contributed by atoms with Crippen LogP contribution in [0.5, 0.6) is 0 Å². The third-order valence-electron chi connectivity index (χ3n) is 4.71. The quantitative estimate of drug-likeness (QED) is 0.620. The summed E-state index contributed by atoms with van der Waals surface area (Å²) < 4.78 is 0. The van der Waals surface area contributed by atoms with E-state index in [4.69, 9.17) is 5.73 Å². The fourth-order valence-electron chi connectivity index (χ4n) is 3.37. The number of nitrogens with zero attached hydrogens (tertiary/aromatic N) is 2. The van der Waals surface area contributed by atoms with E-state index in [0.717, 1.165) is 16.2 Å². The average Bonchev–Trinajstić information content (AvgIpc) is 3.17. The molecular weight excluding hydrogens is 382 g/mol. The van der Waals surface area contributed by atoms with Gasteiger partial charge in [0.05, 0.1) is 16.8 Å². The molecule has 3 heterocycles. The number of benzene rings is 1. The Kier molecular flexibility index (Phi) is 4.65. The summed E-state index contributed by atoms with van der Waals surface area (Å²) in [6.07, 6.45) is 0.238. The molecule has 4 rings (SSSR count). The predicted octanol–water partition coefficient (Wildman–Crippen LogP) is 0.416. The maximum Gasteiger partial charge on any atom is 0.262 e. The van der Waals surface area contributed by atoms with E-state index < -0.39 is 29.7 Å². The molecule has 2 aromatic rings. The summed E-state index contributed by atoms with van der Waals surface area (Å²) in [7, 11) is 0. The van der Waals surface area contributed by atoms with Crippen molar-refractivity contribution in [2.45, 2.75) is 32.0 Å². The van der Waals surface area contributed by atoms with Crippen LogP contribution < -0.4 is 16.4 Å². The van der Waals surface area contributed by atoms with Crippen LogP contribution in [0.15, 0.2) is 23.6 Å². The molecule has 1 aromatic heterocycles. The number of anilines is 1. The van der Waals surface area contributed by atoms with Gasteiger partial charge >= 0.3 is 0 Å². The summed E-state index contributed by atoms with van der Waals surface area (Å²) in [6, 6.07) is 4.06. The molecule has 0 radical (unpaired) electrons. The zero-order valence-corrected chi connectivity index (χ0v) is 15.5. The van der Waals surface area contributed by atoms with Crippen molar-refractivity contribution in [2.24, 2.45) is 0 Å². The molecule has 1 fully saturated rings. The first kappa shape index (κ1) is 18.3. The molecule has 1 aromatic carbocycles. The van der Waals surface area contributed by atoms with Gasteiger partial charge in [-0.25, -0.2) is 4.98 Å². The summed E-state index contributed by atoms with van der Waals surface area (Å²) in [5, 5.41) is 7.77. The van der Waals surface area contributed by atoms with Crippen molar-refractivity contribution >= 4 is 40.1 Å². The number of aromatic nitrogens is 1. The minimum atomic E-state index is -0.957. The lowest BCUT2D eigenvalue weighted by molar-refractivity contribution is -0.136. The monoisotopic (exact) mass is 399 g/mol. The van der Waals surface area contributed by atoms with Gasteiger partial charge < -0.3 is 11.1 Å². The number of imide groups is 2. The van der Waals surface area contributed by atoms with Crippen molar-refractivity contribution in [2.75, 3.05) is 5.73 Å². The van der Waals surface area contributed by atoms with Crippen molar-refractivity contribution in [3.63, 3.8) is 0 Å². The number of carbonyl (C=O) groups excluding carboxylic acids is 4. The van der Waals surface area contributed by atoms with E-state index in [1.165, 1.54) is 11.3 Å². The summed E-state index contributed by atoms with van der Waals surface area (Å²) in [6.45, 7) is 1.00. The lowest BCUT2D eigenvalue weighted by Crippen LogP contribution is -2.54. The van der Waals surface area contributed by atoms with Crippen molar-refractivity contribution in [3.05, 3.63) is 46.0 Å². The van der Waals surface area contributed by atoms with Crippen LogP contribution in [0, 0.1) is 0 Å².